The summed E-state index contributed by atoms with van der Waals surface area (Å²) >= 11 is 0. The van der Waals surface area contributed by atoms with Crippen LogP contribution in [0.3, 0.4) is 0 Å². The van der Waals surface area contributed by atoms with Gasteiger partial charge in [0.15, 0.2) is 0 Å². The van der Waals surface area contributed by atoms with E-state index < -0.39 is 29.9 Å². The minimum absolute atomic E-state index is 0.127. The van der Waals surface area contributed by atoms with E-state index in [0.717, 1.165) is 16.7 Å². The number of carbonyl (C=O) groups excluding carboxylic acids is 1. The van der Waals surface area contributed by atoms with E-state index in [1.807, 2.05) is 68.4 Å². The minimum Gasteiger partial charge on any atom is -0.480 e. The summed E-state index contributed by atoms with van der Waals surface area (Å²) in [7, 11) is 0. The molecule has 160 valence electrons. The third-order valence-electron chi connectivity index (χ3n) is 5.08. The smallest absolute Gasteiger partial charge is 0.326 e. The summed E-state index contributed by atoms with van der Waals surface area (Å²) < 4.78 is 0. The molecule has 0 saturated heterocycles. The first-order chi connectivity index (χ1) is 14.3. The Morgan fingerprint density at radius 3 is 2.07 bits per heavy atom. The standard InChI is InChI=1S/C23H28N2O5/c1-3-15(2)21(24-14-20(26)27)22(28)25-19(23(29)30)13-16-9-11-18(12-10-16)17-7-5-4-6-8-17/h4-12,15,19,21,24H,3,13-14H2,1-2H3,(H,25,28)(H,26,27)(H,29,30)/t15-,19-,21?/m0/s1. The fraction of sp³-hybridized carbons (Fsp3) is 0.348. The van der Waals surface area contributed by atoms with Crippen molar-refractivity contribution in [3.63, 3.8) is 0 Å². The molecule has 2 rings (SSSR count). The molecule has 3 atom stereocenters. The van der Waals surface area contributed by atoms with Gasteiger partial charge in [-0.15, -0.1) is 0 Å². The van der Waals surface area contributed by atoms with Crippen molar-refractivity contribution < 1.29 is 24.6 Å². The highest BCUT2D eigenvalue weighted by Crippen LogP contribution is 2.20. The Bertz CT molecular complexity index is 852. The number of nitrogens with one attached hydrogen (secondary N) is 2. The second kappa shape index (κ2) is 11.1. The first-order valence-corrected chi connectivity index (χ1v) is 9.94. The zero-order valence-corrected chi connectivity index (χ0v) is 17.2. The number of hydrogen-bond acceptors (Lipinski definition) is 4. The molecule has 1 amide bonds. The Morgan fingerprint density at radius 1 is 0.933 bits per heavy atom. The maximum Gasteiger partial charge on any atom is 0.326 e. The summed E-state index contributed by atoms with van der Waals surface area (Å²) in [6.45, 7) is 3.33. The van der Waals surface area contributed by atoms with Crippen molar-refractivity contribution in [2.75, 3.05) is 6.54 Å². The van der Waals surface area contributed by atoms with E-state index in [2.05, 4.69) is 10.6 Å². The molecule has 0 spiro atoms. The summed E-state index contributed by atoms with van der Waals surface area (Å²) in [5.41, 5.74) is 2.86. The molecule has 30 heavy (non-hydrogen) atoms. The van der Waals surface area contributed by atoms with E-state index in [1.165, 1.54) is 0 Å². The lowest BCUT2D eigenvalue weighted by molar-refractivity contribution is -0.142. The average molecular weight is 412 g/mol. The number of carboxylic acid groups (broad SMARTS) is 2. The van der Waals surface area contributed by atoms with Gasteiger partial charge in [-0.2, -0.15) is 0 Å². The second-order valence-corrected chi connectivity index (χ2v) is 7.30. The van der Waals surface area contributed by atoms with Crippen molar-refractivity contribution in [2.24, 2.45) is 5.92 Å². The van der Waals surface area contributed by atoms with Gasteiger partial charge in [-0.1, -0.05) is 74.9 Å². The number of amides is 1. The van der Waals surface area contributed by atoms with Crippen LogP contribution < -0.4 is 10.6 Å². The van der Waals surface area contributed by atoms with Gasteiger partial charge < -0.3 is 15.5 Å². The van der Waals surface area contributed by atoms with Crippen LogP contribution in [0.1, 0.15) is 25.8 Å². The zero-order chi connectivity index (χ0) is 22.1. The van der Waals surface area contributed by atoms with Crippen LogP contribution in [0.25, 0.3) is 11.1 Å². The number of carbonyl (C=O) groups is 3. The largest absolute Gasteiger partial charge is 0.480 e. The van der Waals surface area contributed by atoms with Crippen LogP contribution in [-0.2, 0) is 20.8 Å². The molecule has 0 heterocycles. The third-order valence-corrected chi connectivity index (χ3v) is 5.08. The number of benzene rings is 2. The molecule has 0 aliphatic heterocycles. The summed E-state index contributed by atoms with van der Waals surface area (Å²) in [6, 6.07) is 15.5. The van der Waals surface area contributed by atoms with Gasteiger partial charge in [-0.05, 0) is 22.6 Å². The van der Waals surface area contributed by atoms with Crippen LogP contribution in [0, 0.1) is 5.92 Å². The third kappa shape index (κ3) is 6.70. The van der Waals surface area contributed by atoms with E-state index in [4.69, 9.17) is 5.11 Å². The minimum atomic E-state index is -1.14. The topological polar surface area (TPSA) is 116 Å². The molecule has 0 fully saturated rings. The van der Waals surface area contributed by atoms with E-state index in [0.29, 0.717) is 6.42 Å². The molecule has 4 N–H and O–H groups in total. The van der Waals surface area contributed by atoms with Gasteiger partial charge in [-0.25, -0.2) is 4.79 Å². The van der Waals surface area contributed by atoms with Gasteiger partial charge in [-0.3, -0.25) is 14.9 Å². The van der Waals surface area contributed by atoms with Gasteiger partial charge in [0.2, 0.25) is 5.91 Å². The van der Waals surface area contributed by atoms with E-state index in [1.54, 1.807) is 0 Å². The van der Waals surface area contributed by atoms with Gasteiger partial charge in [0.25, 0.3) is 0 Å². The van der Waals surface area contributed by atoms with Crippen molar-refractivity contribution >= 4 is 17.8 Å². The lowest BCUT2D eigenvalue weighted by atomic mass is 9.97. The summed E-state index contributed by atoms with van der Waals surface area (Å²) in [6.07, 6.45) is 0.770. The summed E-state index contributed by atoms with van der Waals surface area (Å²) in [5, 5.41) is 23.7. The molecule has 0 radical (unpaired) electrons. The molecule has 1 unspecified atom stereocenters. The predicted octanol–water partition coefficient (Wildman–Crippen LogP) is 2.55. The molecular weight excluding hydrogens is 384 g/mol. The predicted molar refractivity (Wildman–Crippen MR) is 114 cm³/mol. The Hall–Kier alpha value is -3.19. The number of aliphatic carboxylic acids is 2. The van der Waals surface area contributed by atoms with Gasteiger partial charge in [0.05, 0.1) is 12.6 Å². The highest BCUT2D eigenvalue weighted by Gasteiger charge is 2.28. The molecule has 7 nitrogen and oxygen atoms in total. The monoisotopic (exact) mass is 412 g/mol. The van der Waals surface area contributed by atoms with Gasteiger partial charge >= 0.3 is 11.9 Å². The van der Waals surface area contributed by atoms with Crippen LogP contribution in [0.15, 0.2) is 54.6 Å². The van der Waals surface area contributed by atoms with Crippen molar-refractivity contribution in [1.82, 2.24) is 10.6 Å². The molecular formula is C23H28N2O5. The van der Waals surface area contributed by atoms with Gasteiger partial charge in [0, 0.05) is 6.42 Å². The lowest BCUT2D eigenvalue weighted by Gasteiger charge is -2.25. The fourth-order valence-electron chi connectivity index (χ4n) is 3.15. The maximum atomic E-state index is 12.7. The Labute approximate surface area is 176 Å². The lowest BCUT2D eigenvalue weighted by Crippen LogP contribution is -2.54. The molecule has 0 aliphatic rings. The van der Waals surface area contributed by atoms with E-state index in [9.17, 15) is 19.5 Å². The zero-order valence-electron chi connectivity index (χ0n) is 17.2. The molecule has 0 bridgehead atoms. The van der Waals surface area contributed by atoms with Crippen molar-refractivity contribution in [2.45, 2.75) is 38.8 Å². The highest BCUT2D eigenvalue weighted by atomic mass is 16.4. The van der Waals surface area contributed by atoms with Gasteiger partial charge in [0.1, 0.15) is 6.04 Å². The van der Waals surface area contributed by atoms with Crippen molar-refractivity contribution in [3.05, 3.63) is 60.2 Å². The molecule has 0 saturated carbocycles. The SMILES string of the molecule is CC[C@H](C)C(NCC(=O)O)C(=O)N[C@@H](Cc1ccc(-c2ccccc2)cc1)C(=O)O. The quantitative estimate of drug-likeness (QED) is 0.451. The Kier molecular flexibility index (Phi) is 8.55. The summed E-state index contributed by atoms with van der Waals surface area (Å²) in [4.78, 5) is 35.2. The van der Waals surface area contributed by atoms with E-state index >= 15 is 0 Å². The molecule has 7 heteroatoms. The molecule has 0 aromatic heterocycles. The number of hydrogen-bond donors (Lipinski definition) is 4. The number of carboxylic acids is 2. The summed E-state index contributed by atoms with van der Waals surface area (Å²) in [5.74, 6) is -2.89. The first kappa shape index (κ1) is 23.1. The van der Waals surface area contributed by atoms with Crippen molar-refractivity contribution in [3.8, 4) is 11.1 Å². The number of rotatable bonds is 11. The van der Waals surface area contributed by atoms with Crippen LogP contribution >= 0.6 is 0 Å². The maximum absolute atomic E-state index is 12.7. The normalized spacial score (nSPS) is 13.8. The van der Waals surface area contributed by atoms with E-state index in [-0.39, 0.29) is 18.9 Å². The van der Waals surface area contributed by atoms with Crippen molar-refractivity contribution in [1.29, 1.82) is 0 Å². The highest BCUT2D eigenvalue weighted by molar-refractivity contribution is 5.87. The Balaban J connectivity index is 2.08. The average Bonchev–Trinajstić information content (AvgIpc) is 2.74. The van der Waals surface area contributed by atoms with Crippen LogP contribution in [0.2, 0.25) is 0 Å². The first-order valence-electron chi connectivity index (χ1n) is 9.94. The second-order valence-electron chi connectivity index (χ2n) is 7.30. The fourth-order valence-corrected chi connectivity index (χ4v) is 3.15. The molecule has 2 aromatic carbocycles. The molecule has 0 aliphatic carbocycles. The van der Waals surface area contributed by atoms with Crippen LogP contribution in [0.5, 0.6) is 0 Å². The van der Waals surface area contributed by atoms with Crippen LogP contribution in [0.4, 0.5) is 0 Å². The molecule has 2 aromatic rings. The van der Waals surface area contributed by atoms with Crippen LogP contribution in [-0.4, -0.2) is 46.7 Å². The Morgan fingerprint density at radius 2 is 1.53 bits per heavy atom.